The highest BCUT2D eigenvalue weighted by Crippen LogP contribution is 2.26. The van der Waals surface area contributed by atoms with Crippen molar-refractivity contribution in [3.63, 3.8) is 0 Å². The monoisotopic (exact) mass is 469 g/mol. The van der Waals surface area contributed by atoms with Crippen LogP contribution in [-0.4, -0.2) is 65.5 Å². The number of nitrogens with one attached hydrogen (secondary N) is 2. The van der Waals surface area contributed by atoms with E-state index in [1.165, 1.54) is 15.9 Å². The number of benzene rings is 1. The molecule has 170 valence electrons. The fraction of sp³-hybridized carbons (Fsp3) is 0.571. The summed E-state index contributed by atoms with van der Waals surface area (Å²) in [4.78, 5) is 42.2. The zero-order valence-corrected chi connectivity index (χ0v) is 19.1. The van der Waals surface area contributed by atoms with Crippen LogP contribution in [-0.2, 0) is 4.79 Å². The molecule has 31 heavy (non-hydrogen) atoms. The molecule has 1 aliphatic carbocycles. The molecule has 3 rings (SSSR count). The summed E-state index contributed by atoms with van der Waals surface area (Å²) in [7, 11) is 0. The first-order valence-corrected chi connectivity index (χ1v) is 11.4. The SMILES string of the molecule is CCNC(=O)N1CCCN(C(=O)c2ccc(Cl)c(Cl)c2)C1C(=O)NC1CCC(N)CC1. The minimum Gasteiger partial charge on any atom is -0.350 e. The van der Waals surface area contributed by atoms with E-state index in [0.717, 1.165) is 25.7 Å². The van der Waals surface area contributed by atoms with E-state index in [4.69, 9.17) is 28.9 Å². The molecule has 0 radical (unpaired) electrons. The van der Waals surface area contributed by atoms with E-state index < -0.39 is 6.17 Å². The van der Waals surface area contributed by atoms with Crippen LogP contribution in [0.5, 0.6) is 0 Å². The van der Waals surface area contributed by atoms with Crippen molar-refractivity contribution in [2.75, 3.05) is 19.6 Å². The molecule has 8 nitrogen and oxygen atoms in total. The van der Waals surface area contributed by atoms with Crippen molar-refractivity contribution in [1.29, 1.82) is 0 Å². The minimum absolute atomic E-state index is 0.0211. The molecule has 1 heterocycles. The second-order valence-corrected chi connectivity index (χ2v) is 8.82. The summed E-state index contributed by atoms with van der Waals surface area (Å²) in [6.45, 7) is 2.96. The lowest BCUT2D eigenvalue weighted by molar-refractivity contribution is -0.133. The van der Waals surface area contributed by atoms with E-state index in [9.17, 15) is 14.4 Å². The number of nitrogens with two attached hydrogens (primary N) is 1. The third-order valence-corrected chi connectivity index (χ3v) is 6.50. The molecule has 0 bridgehead atoms. The van der Waals surface area contributed by atoms with E-state index in [0.29, 0.717) is 36.6 Å². The quantitative estimate of drug-likeness (QED) is 0.629. The van der Waals surface area contributed by atoms with Crippen molar-refractivity contribution in [1.82, 2.24) is 20.4 Å². The smallest absolute Gasteiger partial charge is 0.319 e. The van der Waals surface area contributed by atoms with Gasteiger partial charge < -0.3 is 21.3 Å². The van der Waals surface area contributed by atoms with Gasteiger partial charge >= 0.3 is 6.03 Å². The van der Waals surface area contributed by atoms with Gasteiger partial charge in [0, 0.05) is 37.3 Å². The highest BCUT2D eigenvalue weighted by molar-refractivity contribution is 6.42. The van der Waals surface area contributed by atoms with Gasteiger partial charge in [0.15, 0.2) is 6.17 Å². The van der Waals surface area contributed by atoms with Crippen LogP contribution >= 0.6 is 23.2 Å². The van der Waals surface area contributed by atoms with Crippen LogP contribution in [0.25, 0.3) is 0 Å². The van der Waals surface area contributed by atoms with Crippen LogP contribution in [0.4, 0.5) is 4.79 Å². The third kappa shape index (κ3) is 5.61. The Bertz CT molecular complexity index is 829. The molecule has 2 aliphatic rings. The van der Waals surface area contributed by atoms with Crippen LogP contribution in [0.15, 0.2) is 18.2 Å². The molecule has 4 N–H and O–H groups in total. The van der Waals surface area contributed by atoms with E-state index in [2.05, 4.69) is 10.6 Å². The van der Waals surface area contributed by atoms with Crippen LogP contribution in [0.2, 0.25) is 10.0 Å². The Morgan fingerprint density at radius 3 is 2.39 bits per heavy atom. The normalized spacial score (nSPS) is 23.9. The number of rotatable bonds is 4. The first kappa shape index (κ1) is 23.6. The fourth-order valence-corrected chi connectivity index (χ4v) is 4.42. The maximum absolute atomic E-state index is 13.3. The van der Waals surface area contributed by atoms with Gasteiger partial charge in [-0.25, -0.2) is 4.79 Å². The van der Waals surface area contributed by atoms with Gasteiger partial charge in [0.1, 0.15) is 0 Å². The summed E-state index contributed by atoms with van der Waals surface area (Å²) in [5, 5.41) is 6.37. The molecule has 0 spiro atoms. The fourth-order valence-electron chi connectivity index (χ4n) is 4.12. The van der Waals surface area contributed by atoms with E-state index in [1.54, 1.807) is 19.1 Å². The lowest BCUT2D eigenvalue weighted by atomic mass is 9.91. The zero-order valence-electron chi connectivity index (χ0n) is 17.6. The second kappa shape index (κ2) is 10.5. The predicted molar refractivity (Wildman–Crippen MR) is 120 cm³/mol. The van der Waals surface area contributed by atoms with Crippen molar-refractivity contribution in [3.8, 4) is 0 Å². The van der Waals surface area contributed by atoms with Crippen molar-refractivity contribution in [3.05, 3.63) is 33.8 Å². The summed E-state index contributed by atoms with van der Waals surface area (Å²) in [5.41, 5.74) is 6.28. The number of hydrogen-bond donors (Lipinski definition) is 3. The average Bonchev–Trinajstić information content (AvgIpc) is 2.76. The summed E-state index contributed by atoms with van der Waals surface area (Å²) in [5.74, 6) is -0.738. The van der Waals surface area contributed by atoms with Gasteiger partial charge in [-0.05, 0) is 57.2 Å². The van der Waals surface area contributed by atoms with Gasteiger partial charge in [-0.3, -0.25) is 14.5 Å². The van der Waals surface area contributed by atoms with Crippen LogP contribution in [0.3, 0.4) is 0 Å². The number of urea groups is 1. The Balaban J connectivity index is 1.85. The topological polar surface area (TPSA) is 108 Å². The van der Waals surface area contributed by atoms with Gasteiger partial charge in [0.05, 0.1) is 10.0 Å². The molecule has 0 aromatic heterocycles. The van der Waals surface area contributed by atoms with Gasteiger partial charge in [0.2, 0.25) is 0 Å². The number of nitrogens with zero attached hydrogens (tertiary/aromatic N) is 2. The standard InChI is InChI=1S/C21H29Cl2N5O3/c1-2-25-21(31)28-11-3-10-27(20(30)13-4-9-16(22)17(23)12-13)19(28)18(29)26-15-7-5-14(24)6-8-15/h4,9,12,14-15,19H,2-3,5-8,10-11,24H2,1H3,(H,25,31)(H,26,29). The summed E-state index contributed by atoms with van der Waals surface area (Å²) in [6.07, 6.45) is 2.75. The Morgan fingerprint density at radius 1 is 1.06 bits per heavy atom. The second-order valence-electron chi connectivity index (χ2n) is 8.00. The first-order valence-electron chi connectivity index (χ1n) is 10.7. The highest BCUT2D eigenvalue weighted by atomic mass is 35.5. The number of carbonyl (C=O) groups excluding carboxylic acids is 3. The average molecular weight is 470 g/mol. The van der Waals surface area contributed by atoms with Crippen LogP contribution < -0.4 is 16.4 Å². The van der Waals surface area contributed by atoms with E-state index in [-0.39, 0.29) is 35.0 Å². The van der Waals surface area contributed by atoms with Gasteiger partial charge in [-0.15, -0.1) is 0 Å². The summed E-state index contributed by atoms with van der Waals surface area (Å²) < 4.78 is 0. The number of hydrogen-bond acceptors (Lipinski definition) is 4. The lowest BCUT2D eigenvalue weighted by Crippen LogP contribution is -2.65. The molecule has 1 aromatic rings. The molecule has 1 aliphatic heterocycles. The maximum Gasteiger partial charge on any atom is 0.319 e. The van der Waals surface area contributed by atoms with Gasteiger partial charge in [0.25, 0.3) is 11.8 Å². The lowest BCUT2D eigenvalue weighted by Gasteiger charge is -2.43. The van der Waals surface area contributed by atoms with Crippen molar-refractivity contribution >= 4 is 41.0 Å². The Labute approximate surface area is 192 Å². The van der Waals surface area contributed by atoms with Crippen molar-refractivity contribution in [2.45, 2.75) is 57.3 Å². The molecule has 4 amide bonds. The van der Waals surface area contributed by atoms with Gasteiger partial charge in [-0.2, -0.15) is 0 Å². The molecule has 1 saturated heterocycles. The van der Waals surface area contributed by atoms with E-state index >= 15 is 0 Å². The highest BCUT2D eigenvalue weighted by Gasteiger charge is 2.41. The third-order valence-electron chi connectivity index (χ3n) is 5.76. The van der Waals surface area contributed by atoms with E-state index in [1.807, 2.05) is 0 Å². The Morgan fingerprint density at radius 2 is 1.74 bits per heavy atom. The molecule has 10 heteroatoms. The molecule has 1 unspecified atom stereocenters. The Kier molecular flexibility index (Phi) is 8.02. The summed E-state index contributed by atoms with van der Waals surface area (Å²) in [6, 6.07) is 4.35. The minimum atomic E-state index is -1.04. The predicted octanol–water partition coefficient (Wildman–Crippen LogP) is 2.58. The first-order chi connectivity index (χ1) is 14.8. The largest absolute Gasteiger partial charge is 0.350 e. The van der Waals surface area contributed by atoms with Crippen molar-refractivity contribution < 1.29 is 14.4 Å². The number of halogens is 2. The molecule has 1 atom stereocenters. The number of amides is 4. The van der Waals surface area contributed by atoms with Crippen molar-refractivity contribution in [2.24, 2.45) is 5.73 Å². The Hall–Kier alpha value is -2.03. The van der Waals surface area contributed by atoms with Crippen LogP contribution in [0, 0.1) is 0 Å². The van der Waals surface area contributed by atoms with Crippen LogP contribution in [0.1, 0.15) is 49.4 Å². The van der Waals surface area contributed by atoms with Gasteiger partial charge in [-0.1, -0.05) is 23.2 Å². The summed E-state index contributed by atoms with van der Waals surface area (Å²) >= 11 is 12.1. The number of carbonyl (C=O) groups is 3. The maximum atomic E-state index is 13.3. The zero-order chi connectivity index (χ0) is 22.5. The molecule has 2 fully saturated rings. The molecular weight excluding hydrogens is 441 g/mol. The molecular formula is C21H29Cl2N5O3. The molecule has 1 saturated carbocycles. The molecule has 1 aromatic carbocycles.